The molecule has 2 aliphatic heterocycles. The molecule has 6 rings (SSSR count). The Bertz CT molecular complexity index is 634. The lowest BCUT2D eigenvalue weighted by Gasteiger charge is -2.70. The zero-order chi connectivity index (χ0) is 17.0. The maximum Gasteiger partial charge on any atom is 0.117 e. The number of piperidine rings is 1. The molecule has 2 saturated heterocycles. The van der Waals surface area contributed by atoms with Crippen molar-refractivity contribution in [2.75, 3.05) is 19.7 Å². The van der Waals surface area contributed by atoms with Crippen LogP contribution in [0.4, 0.5) is 0 Å². The van der Waals surface area contributed by atoms with Crippen molar-refractivity contribution in [2.45, 2.75) is 70.6 Å². The van der Waals surface area contributed by atoms with Crippen molar-refractivity contribution in [3.8, 4) is 0 Å². The number of ether oxygens (including phenoxy) is 1. The molecule has 6 aliphatic rings. The molecule has 8 atom stereocenters. The molecule has 1 spiro atoms. The zero-order valence-electron chi connectivity index (χ0n) is 15.7. The summed E-state index contributed by atoms with van der Waals surface area (Å²) in [6.07, 6.45) is 10.4. The monoisotopic (exact) mass is 343 g/mol. The average molecular weight is 344 g/mol. The van der Waals surface area contributed by atoms with Gasteiger partial charge in [0.05, 0.1) is 12.7 Å². The summed E-state index contributed by atoms with van der Waals surface area (Å²) in [6, 6.07) is 0. The van der Waals surface area contributed by atoms with Gasteiger partial charge in [0.15, 0.2) is 0 Å². The lowest BCUT2D eigenvalue weighted by molar-refractivity contribution is -0.276. The maximum atomic E-state index is 11.3. The molecule has 0 radical (unpaired) electrons. The van der Waals surface area contributed by atoms with Crippen LogP contribution in [0.3, 0.4) is 0 Å². The van der Waals surface area contributed by atoms with Crippen molar-refractivity contribution in [1.29, 1.82) is 0 Å². The largest absolute Gasteiger partial charge is 0.388 e. The van der Waals surface area contributed by atoms with Gasteiger partial charge in [-0.25, -0.2) is 0 Å². The van der Waals surface area contributed by atoms with E-state index < -0.39 is 0 Å². The molecule has 0 amide bonds. The molecule has 3 heteroatoms. The van der Waals surface area contributed by atoms with Crippen molar-refractivity contribution in [1.82, 2.24) is 4.90 Å². The molecule has 138 valence electrons. The van der Waals surface area contributed by atoms with Gasteiger partial charge in [-0.15, -0.1) is 0 Å². The third-order valence-corrected chi connectivity index (χ3v) is 9.95. The van der Waals surface area contributed by atoms with Crippen molar-refractivity contribution in [2.24, 2.45) is 34.0 Å². The van der Waals surface area contributed by atoms with Crippen LogP contribution >= 0.6 is 0 Å². The SMILES string of the molecule is C=C1C2CCC3C(CCC4C35CCC[C@@]4(C)CN3CCO[C@H]35)(C2)[C@H]1O. The van der Waals surface area contributed by atoms with E-state index in [1.54, 1.807) is 0 Å². The number of aliphatic hydroxyl groups excluding tert-OH is 1. The van der Waals surface area contributed by atoms with Gasteiger partial charge in [0, 0.05) is 23.9 Å². The van der Waals surface area contributed by atoms with E-state index in [1.807, 2.05) is 0 Å². The molecule has 0 aromatic carbocycles. The normalized spacial score (nSPS) is 60.1. The van der Waals surface area contributed by atoms with Crippen LogP contribution in [0.2, 0.25) is 0 Å². The fraction of sp³-hybridized carbons (Fsp3) is 0.909. The van der Waals surface area contributed by atoms with E-state index in [0.29, 0.717) is 23.5 Å². The molecule has 0 aromatic rings. The standard InChI is InChI=1S/C22H33NO2/c1-14-15-4-5-17-21(12-15,18(14)24)9-6-16-20(2)7-3-8-22(16,17)19-23(13-20)10-11-25-19/h15-19,24H,1,3-13H2,2H3/t15?,16?,17?,18-,19-,20-,21?,22?/m0/s1. The molecule has 0 aromatic heterocycles. The second-order valence-corrected chi connectivity index (χ2v) is 10.6. The molecule has 6 fully saturated rings. The predicted octanol–water partition coefficient (Wildman–Crippen LogP) is 3.58. The minimum Gasteiger partial charge on any atom is -0.388 e. The van der Waals surface area contributed by atoms with Crippen molar-refractivity contribution >= 4 is 0 Å². The molecule has 2 heterocycles. The lowest BCUT2D eigenvalue weighted by Crippen LogP contribution is -2.71. The van der Waals surface area contributed by atoms with E-state index in [2.05, 4.69) is 18.4 Å². The topological polar surface area (TPSA) is 32.7 Å². The summed E-state index contributed by atoms with van der Waals surface area (Å²) in [4.78, 5) is 2.69. The lowest BCUT2D eigenvalue weighted by atomic mass is 9.38. The molecule has 4 saturated carbocycles. The van der Waals surface area contributed by atoms with Gasteiger partial charge in [-0.3, -0.25) is 4.90 Å². The van der Waals surface area contributed by atoms with Crippen LogP contribution in [0.1, 0.15) is 58.3 Å². The highest BCUT2D eigenvalue weighted by Gasteiger charge is 2.73. The van der Waals surface area contributed by atoms with Crippen LogP contribution in [0, 0.1) is 34.0 Å². The maximum absolute atomic E-state index is 11.3. The number of rotatable bonds is 0. The van der Waals surface area contributed by atoms with E-state index in [4.69, 9.17) is 4.74 Å². The highest BCUT2D eigenvalue weighted by Crippen LogP contribution is 2.75. The third-order valence-electron chi connectivity index (χ3n) is 9.95. The highest BCUT2D eigenvalue weighted by molar-refractivity contribution is 5.29. The number of aliphatic hydroxyl groups is 1. The molecule has 4 bridgehead atoms. The van der Waals surface area contributed by atoms with Gasteiger partial charge in [-0.2, -0.15) is 0 Å². The van der Waals surface area contributed by atoms with Crippen LogP contribution in [-0.4, -0.2) is 42.0 Å². The minimum atomic E-state index is -0.259. The minimum absolute atomic E-state index is 0.115. The van der Waals surface area contributed by atoms with E-state index in [1.165, 1.54) is 57.9 Å². The second kappa shape index (κ2) is 4.72. The van der Waals surface area contributed by atoms with Crippen LogP contribution in [0.5, 0.6) is 0 Å². The Kier molecular flexibility index (Phi) is 2.95. The second-order valence-electron chi connectivity index (χ2n) is 10.6. The summed E-state index contributed by atoms with van der Waals surface area (Å²) < 4.78 is 6.48. The summed E-state index contributed by atoms with van der Waals surface area (Å²) in [6.45, 7) is 10.2. The van der Waals surface area contributed by atoms with Crippen LogP contribution < -0.4 is 0 Å². The van der Waals surface area contributed by atoms with E-state index in [9.17, 15) is 5.11 Å². The summed E-state index contributed by atoms with van der Waals surface area (Å²) in [5.74, 6) is 2.01. The first-order chi connectivity index (χ1) is 12.0. The Balaban J connectivity index is 1.53. The Morgan fingerprint density at radius 3 is 2.92 bits per heavy atom. The van der Waals surface area contributed by atoms with E-state index in [0.717, 1.165) is 24.6 Å². The molecular weight excluding hydrogens is 310 g/mol. The third kappa shape index (κ3) is 1.62. The van der Waals surface area contributed by atoms with Crippen LogP contribution in [-0.2, 0) is 4.74 Å². The first-order valence-corrected chi connectivity index (χ1v) is 10.7. The van der Waals surface area contributed by atoms with Crippen molar-refractivity contribution in [3.63, 3.8) is 0 Å². The molecule has 1 N–H and O–H groups in total. The Morgan fingerprint density at radius 2 is 2.04 bits per heavy atom. The van der Waals surface area contributed by atoms with E-state index >= 15 is 0 Å². The van der Waals surface area contributed by atoms with Crippen LogP contribution in [0.25, 0.3) is 0 Å². The highest BCUT2D eigenvalue weighted by atomic mass is 16.5. The molecule has 4 aliphatic carbocycles. The summed E-state index contributed by atoms with van der Waals surface area (Å²) in [7, 11) is 0. The molecule has 3 nitrogen and oxygen atoms in total. The van der Waals surface area contributed by atoms with Crippen molar-refractivity contribution < 1.29 is 9.84 Å². The van der Waals surface area contributed by atoms with Gasteiger partial charge < -0.3 is 9.84 Å². The quantitative estimate of drug-likeness (QED) is 0.683. The first-order valence-electron chi connectivity index (χ1n) is 10.7. The van der Waals surface area contributed by atoms with Gasteiger partial charge in [0.25, 0.3) is 0 Å². The number of nitrogens with zero attached hydrogens (tertiary/aromatic N) is 1. The Hall–Kier alpha value is -0.380. The molecule has 5 unspecified atom stereocenters. The zero-order valence-corrected chi connectivity index (χ0v) is 15.7. The fourth-order valence-corrected chi connectivity index (χ4v) is 9.31. The molecular formula is C22H33NO2. The number of fused-ring (bicyclic) bond motifs is 2. The number of hydrogen-bond donors (Lipinski definition) is 1. The van der Waals surface area contributed by atoms with Gasteiger partial charge in [-0.1, -0.05) is 19.9 Å². The van der Waals surface area contributed by atoms with Gasteiger partial charge in [0.2, 0.25) is 0 Å². The van der Waals surface area contributed by atoms with Crippen molar-refractivity contribution in [3.05, 3.63) is 12.2 Å². The van der Waals surface area contributed by atoms with E-state index in [-0.39, 0.29) is 16.9 Å². The molecule has 25 heavy (non-hydrogen) atoms. The average Bonchev–Trinajstić information content (AvgIpc) is 3.12. The smallest absolute Gasteiger partial charge is 0.117 e. The first kappa shape index (κ1) is 15.7. The Morgan fingerprint density at radius 1 is 1.16 bits per heavy atom. The van der Waals surface area contributed by atoms with Crippen LogP contribution in [0.15, 0.2) is 12.2 Å². The van der Waals surface area contributed by atoms with Gasteiger partial charge in [-0.05, 0) is 73.7 Å². The summed E-state index contributed by atoms with van der Waals surface area (Å²) >= 11 is 0. The number of hydrogen-bond acceptors (Lipinski definition) is 3. The summed E-state index contributed by atoms with van der Waals surface area (Å²) in [5, 5.41) is 11.3. The van der Waals surface area contributed by atoms with Gasteiger partial charge in [0.1, 0.15) is 6.23 Å². The van der Waals surface area contributed by atoms with Gasteiger partial charge >= 0.3 is 0 Å². The fourth-order valence-electron chi connectivity index (χ4n) is 9.31. The summed E-state index contributed by atoms with van der Waals surface area (Å²) in [5.41, 5.74) is 2.03. The predicted molar refractivity (Wildman–Crippen MR) is 96.8 cm³/mol. The Labute approximate surface area is 151 Å².